The van der Waals surface area contributed by atoms with Crippen molar-refractivity contribution in [2.75, 3.05) is 5.32 Å². The van der Waals surface area contributed by atoms with Gasteiger partial charge in [-0.25, -0.2) is 9.78 Å². The molecule has 1 aromatic heterocycles. The molecule has 0 saturated heterocycles. The fraction of sp³-hybridized carbons (Fsp3) is 0.333. The van der Waals surface area contributed by atoms with Crippen LogP contribution in [0.15, 0.2) is 34.3 Å². The van der Waals surface area contributed by atoms with Gasteiger partial charge in [0.1, 0.15) is 5.71 Å². The lowest BCUT2D eigenvalue weighted by Gasteiger charge is -2.30. The lowest BCUT2D eigenvalue weighted by Crippen LogP contribution is -2.39. The van der Waals surface area contributed by atoms with Gasteiger partial charge in [-0.3, -0.25) is 4.79 Å². The molecule has 29 heavy (non-hydrogen) atoms. The van der Waals surface area contributed by atoms with E-state index in [1.54, 1.807) is 0 Å². The number of oxime groups is 1. The molecule has 2 aliphatic carbocycles. The first-order valence-electron chi connectivity index (χ1n) is 8.70. The summed E-state index contributed by atoms with van der Waals surface area (Å²) in [6.45, 7) is 0. The summed E-state index contributed by atoms with van der Waals surface area (Å²) < 4.78 is 38.6. The van der Waals surface area contributed by atoms with Crippen molar-refractivity contribution in [2.24, 2.45) is 17.0 Å². The average Bonchev–Trinajstić information content (AvgIpc) is 3.00. The largest absolute Gasteiger partial charge is 0.417 e. The third-order valence-corrected chi connectivity index (χ3v) is 5.77. The molecule has 0 aliphatic heterocycles. The van der Waals surface area contributed by atoms with E-state index in [1.807, 2.05) is 0 Å². The molecule has 1 saturated carbocycles. The summed E-state index contributed by atoms with van der Waals surface area (Å²) in [7, 11) is 0. The van der Waals surface area contributed by atoms with Gasteiger partial charge in [-0.2, -0.15) is 13.2 Å². The molecule has 7 nitrogen and oxygen atoms in total. The molecule has 2 aromatic rings. The molecule has 11 heteroatoms. The van der Waals surface area contributed by atoms with E-state index in [0.717, 1.165) is 18.2 Å². The number of nitrogens with one attached hydrogen (secondary N) is 2. The Morgan fingerprint density at radius 3 is 2.69 bits per heavy atom. The average molecular weight is 427 g/mol. The lowest BCUT2D eigenvalue weighted by molar-refractivity contribution is -0.137. The molecular weight excluding hydrogens is 413 g/mol. The SMILES string of the molecule is O=C(Nc1ccc(C(F)(F)F)c(Cl)c1)C1[C@@H]2CC[C@H]1c1cnc(=O)[nH]c1/C2=N/O. The maximum absolute atomic E-state index is 13.0. The summed E-state index contributed by atoms with van der Waals surface area (Å²) >= 11 is 5.71. The molecule has 1 aromatic carbocycles. The van der Waals surface area contributed by atoms with Gasteiger partial charge in [-0.1, -0.05) is 16.8 Å². The predicted molar refractivity (Wildman–Crippen MR) is 97.2 cm³/mol. The molecule has 4 rings (SSSR count). The van der Waals surface area contributed by atoms with Crippen molar-refractivity contribution in [2.45, 2.75) is 24.9 Å². The van der Waals surface area contributed by atoms with Crippen LogP contribution in [0.1, 0.15) is 35.6 Å². The van der Waals surface area contributed by atoms with Crippen LogP contribution in [-0.2, 0) is 11.0 Å². The highest BCUT2D eigenvalue weighted by Crippen LogP contribution is 2.50. The molecule has 2 bridgehead atoms. The first kappa shape index (κ1) is 19.4. The zero-order chi connectivity index (χ0) is 20.9. The van der Waals surface area contributed by atoms with E-state index in [2.05, 4.69) is 20.4 Å². The topological polar surface area (TPSA) is 107 Å². The molecule has 3 atom stereocenters. The fourth-order valence-electron chi connectivity index (χ4n) is 4.27. The molecule has 0 spiro atoms. The fourth-order valence-corrected chi connectivity index (χ4v) is 4.56. The molecular formula is C18H14ClF3N4O3. The highest BCUT2D eigenvalue weighted by atomic mass is 35.5. The number of amides is 1. The van der Waals surface area contributed by atoms with Gasteiger partial charge in [0.25, 0.3) is 0 Å². The van der Waals surface area contributed by atoms with Crippen LogP contribution < -0.4 is 11.0 Å². The predicted octanol–water partition coefficient (Wildman–Crippen LogP) is 3.38. The van der Waals surface area contributed by atoms with Gasteiger partial charge >= 0.3 is 11.9 Å². The number of anilines is 1. The normalized spacial score (nSPS) is 24.4. The maximum atomic E-state index is 13.0. The highest BCUT2D eigenvalue weighted by Gasteiger charge is 2.50. The number of nitrogens with zero attached hydrogens (tertiary/aromatic N) is 2. The minimum Gasteiger partial charge on any atom is -0.411 e. The summed E-state index contributed by atoms with van der Waals surface area (Å²) in [5.74, 6) is -1.77. The Kier molecular flexibility index (Phi) is 4.60. The van der Waals surface area contributed by atoms with Crippen molar-refractivity contribution in [3.63, 3.8) is 0 Å². The van der Waals surface area contributed by atoms with Gasteiger partial charge < -0.3 is 15.5 Å². The van der Waals surface area contributed by atoms with E-state index in [4.69, 9.17) is 11.6 Å². The van der Waals surface area contributed by atoms with Crippen LogP contribution in [0.25, 0.3) is 0 Å². The Hall–Kier alpha value is -2.88. The molecule has 1 amide bonds. The minimum absolute atomic E-state index is 0.125. The minimum atomic E-state index is -4.60. The van der Waals surface area contributed by atoms with Crippen LogP contribution in [-0.4, -0.2) is 26.8 Å². The molecule has 1 heterocycles. The van der Waals surface area contributed by atoms with Crippen LogP contribution >= 0.6 is 11.6 Å². The number of H-pyrrole nitrogens is 1. The van der Waals surface area contributed by atoms with E-state index in [9.17, 15) is 28.0 Å². The van der Waals surface area contributed by atoms with E-state index >= 15 is 0 Å². The Bertz CT molecular complexity index is 1080. The lowest BCUT2D eigenvalue weighted by atomic mass is 9.75. The summed E-state index contributed by atoms with van der Waals surface area (Å²) in [6, 6.07) is 2.98. The Morgan fingerprint density at radius 1 is 1.31 bits per heavy atom. The molecule has 3 N–H and O–H groups in total. The van der Waals surface area contributed by atoms with Crippen molar-refractivity contribution in [3.8, 4) is 0 Å². The van der Waals surface area contributed by atoms with Crippen molar-refractivity contribution in [1.29, 1.82) is 0 Å². The van der Waals surface area contributed by atoms with Crippen LogP contribution in [0.4, 0.5) is 18.9 Å². The van der Waals surface area contributed by atoms with Crippen molar-refractivity contribution < 1.29 is 23.2 Å². The zero-order valence-corrected chi connectivity index (χ0v) is 15.4. The van der Waals surface area contributed by atoms with Gasteiger partial charge in [0, 0.05) is 23.4 Å². The zero-order valence-electron chi connectivity index (χ0n) is 14.6. The van der Waals surface area contributed by atoms with Crippen molar-refractivity contribution in [1.82, 2.24) is 9.97 Å². The van der Waals surface area contributed by atoms with Gasteiger partial charge in [-0.15, -0.1) is 0 Å². The quantitative estimate of drug-likeness (QED) is 0.505. The molecule has 2 aliphatic rings. The second kappa shape index (κ2) is 6.87. The number of carbonyl (C=O) groups is 1. The third-order valence-electron chi connectivity index (χ3n) is 5.46. The van der Waals surface area contributed by atoms with Gasteiger partial charge in [0.05, 0.1) is 22.2 Å². The second-order valence-corrected chi connectivity index (χ2v) is 7.41. The van der Waals surface area contributed by atoms with Crippen LogP contribution in [0.3, 0.4) is 0 Å². The number of rotatable bonds is 2. The number of benzene rings is 1. The summed E-state index contributed by atoms with van der Waals surface area (Å²) in [5.41, 5.74) is -0.308. The third kappa shape index (κ3) is 3.27. The van der Waals surface area contributed by atoms with Gasteiger partial charge in [0.15, 0.2) is 0 Å². The number of aromatic amines is 1. The van der Waals surface area contributed by atoms with E-state index in [1.165, 1.54) is 6.20 Å². The number of halogens is 4. The van der Waals surface area contributed by atoms with E-state index in [0.29, 0.717) is 24.1 Å². The Balaban J connectivity index is 1.64. The summed E-state index contributed by atoms with van der Waals surface area (Å²) in [4.78, 5) is 30.8. The van der Waals surface area contributed by atoms with E-state index in [-0.39, 0.29) is 17.3 Å². The van der Waals surface area contributed by atoms with Gasteiger partial charge in [0.2, 0.25) is 5.91 Å². The Labute approximate surface area is 166 Å². The van der Waals surface area contributed by atoms with Crippen molar-refractivity contribution in [3.05, 3.63) is 56.7 Å². The highest BCUT2D eigenvalue weighted by molar-refractivity contribution is 6.31. The molecule has 152 valence electrons. The summed E-state index contributed by atoms with van der Waals surface area (Å²) in [5, 5.41) is 14.8. The first-order valence-corrected chi connectivity index (χ1v) is 9.07. The number of hydrogen-bond donors (Lipinski definition) is 3. The van der Waals surface area contributed by atoms with E-state index < -0.39 is 40.2 Å². The second-order valence-electron chi connectivity index (χ2n) is 7.00. The molecule has 1 unspecified atom stereocenters. The van der Waals surface area contributed by atoms with Crippen LogP contribution in [0.2, 0.25) is 5.02 Å². The van der Waals surface area contributed by atoms with Crippen LogP contribution in [0.5, 0.6) is 0 Å². The monoisotopic (exact) mass is 426 g/mol. The number of carbonyl (C=O) groups excluding carboxylic acids is 1. The first-order chi connectivity index (χ1) is 13.7. The number of aromatic nitrogens is 2. The maximum Gasteiger partial charge on any atom is 0.417 e. The van der Waals surface area contributed by atoms with Crippen molar-refractivity contribution >= 4 is 28.9 Å². The Morgan fingerprint density at radius 2 is 2.03 bits per heavy atom. The standard InChI is InChI=1S/C18H14ClF3N4O3/c19-12-5-7(1-4-11(12)18(20,21)22)24-16(27)13-8-2-3-9(13)15(26-29)14-10(8)6-23-17(28)25-14/h1,4-6,8-9,13,29H,2-3H2,(H,24,27)(H,23,25,28)/b26-15+/t8-,9-,13?/m0/s1. The molecule has 0 radical (unpaired) electrons. The number of alkyl halides is 3. The molecule has 1 fully saturated rings. The number of hydrogen-bond acceptors (Lipinski definition) is 5. The number of fused-ring (bicyclic) bond motifs is 4. The summed E-state index contributed by atoms with van der Waals surface area (Å²) in [6.07, 6.45) is -2.08. The van der Waals surface area contributed by atoms with Crippen LogP contribution in [0, 0.1) is 11.8 Å². The smallest absolute Gasteiger partial charge is 0.411 e. The van der Waals surface area contributed by atoms with Gasteiger partial charge in [-0.05, 0) is 37.0 Å².